The van der Waals surface area contributed by atoms with Crippen LogP contribution in [0.25, 0.3) is 10.9 Å². The monoisotopic (exact) mass is 304 g/mol. The first kappa shape index (κ1) is 14.5. The molecule has 0 amide bonds. The van der Waals surface area contributed by atoms with E-state index in [1.807, 2.05) is 25.1 Å². The first-order chi connectivity index (χ1) is 10.0. The topological polar surface area (TPSA) is 59.1 Å². The summed E-state index contributed by atoms with van der Waals surface area (Å²) in [5.74, 6) is 0.613. The zero-order valence-corrected chi connectivity index (χ0v) is 13.0. The second kappa shape index (κ2) is 5.73. The summed E-state index contributed by atoms with van der Waals surface area (Å²) in [6.45, 7) is 2.76. The van der Waals surface area contributed by atoms with E-state index in [4.69, 9.17) is 0 Å². The predicted molar refractivity (Wildman–Crippen MR) is 85.0 cm³/mol. The number of hydrogen-bond donors (Lipinski definition) is 1. The number of hydrogen-bond acceptors (Lipinski definition) is 4. The SMILES string of the molecule is Cc1cc(CNC2CCS(=O)(=O)CC2)c2ccccc2n1. The van der Waals surface area contributed by atoms with E-state index in [0.29, 0.717) is 30.4 Å². The Morgan fingerprint density at radius 1 is 1.24 bits per heavy atom. The molecule has 1 saturated heterocycles. The maximum atomic E-state index is 11.5. The molecule has 0 atom stereocenters. The van der Waals surface area contributed by atoms with Gasteiger partial charge in [0.05, 0.1) is 17.0 Å². The van der Waals surface area contributed by atoms with E-state index in [2.05, 4.69) is 22.4 Å². The second-order valence-corrected chi connectivity index (χ2v) is 8.05. The summed E-state index contributed by atoms with van der Waals surface area (Å²) in [5.41, 5.74) is 3.25. The van der Waals surface area contributed by atoms with Crippen LogP contribution in [0, 0.1) is 6.92 Å². The fraction of sp³-hybridized carbons (Fsp3) is 0.438. The molecular weight excluding hydrogens is 284 g/mol. The van der Waals surface area contributed by atoms with E-state index < -0.39 is 9.84 Å². The molecule has 1 aromatic heterocycles. The van der Waals surface area contributed by atoms with Gasteiger partial charge >= 0.3 is 0 Å². The number of para-hydroxylation sites is 1. The number of sulfone groups is 1. The Morgan fingerprint density at radius 3 is 2.71 bits per heavy atom. The minimum atomic E-state index is -2.79. The van der Waals surface area contributed by atoms with Crippen molar-refractivity contribution in [3.05, 3.63) is 41.6 Å². The Balaban J connectivity index is 1.74. The molecule has 2 aromatic rings. The summed E-state index contributed by atoms with van der Waals surface area (Å²) in [4.78, 5) is 4.54. The van der Waals surface area contributed by atoms with E-state index in [0.717, 1.165) is 17.8 Å². The highest BCUT2D eigenvalue weighted by atomic mass is 32.2. The van der Waals surface area contributed by atoms with Crippen LogP contribution in [0.4, 0.5) is 0 Å². The summed E-state index contributed by atoms with van der Waals surface area (Å²) in [6.07, 6.45) is 1.43. The Morgan fingerprint density at radius 2 is 1.95 bits per heavy atom. The van der Waals surface area contributed by atoms with E-state index in [1.54, 1.807) is 0 Å². The van der Waals surface area contributed by atoms with Crippen LogP contribution in [0.2, 0.25) is 0 Å². The van der Waals surface area contributed by atoms with Gasteiger partial charge in [-0.25, -0.2) is 8.42 Å². The first-order valence-corrected chi connectivity index (χ1v) is 9.15. The van der Waals surface area contributed by atoms with Gasteiger partial charge in [0.25, 0.3) is 0 Å². The summed E-state index contributed by atoms with van der Waals surface area (Å²) in [6, 6.07) is 10.5. The van der Waals surface area contributed by atoms with Crippen LogP contribution in [-0.2, 0) is 16.4 Å². The Bertz CT molecular complexity index is 742. The largest absolute Gasteiger partial charge is 0.310 e. The second-order valence-electron chi connectivity index (χ2n) is 5.75. The van der Waals surface area contributed by atoms with Crippen LogP contribution in [-0.4, -0.2) is 30.9 Å². The highest BCUT2D eigenvalue weighted by molar-refractivity contribution is 7.91. The maximum absolute atomic E-state index is 11.5. The molecule has 5 heteroatoms. The number of aromatic nitrogens is 1. The van der Waals surface area contributed by atoms with Crippen LogP contribution in [0.3, 0.4) is 0 Å². The quantitative estimate of drug-likeness (QED) is 0.944. The number of fused-ring (bicyclic) bond motifs is 1. The first-order valence-electron chi connectivity index (χ1n) is 7.32. The molecule has 3 rings (SSSR count). The molecule has 0 unspecified atom stereocenters. The van der Waals surface area contributed by atoms with Gasteiger partial charge in [-0.1, -0.05) is 18.2 Å². The van der Waals surface area contributed by atoms with Crippen LogP contribution >= 0.6 is 0 Å². The smallest absolute Gasteiger partial charge is 0.150 e. The lowest BCUT2D eigenvalue weighted by atomic mass is 10.1. The third kappa shape index (κ3) is 3.41. The average Bonchev–Trinajstić information content (AvgIpc) is 2.45. The molecule has 0 spiro atoms. The molecule has 0 radical (unpaired) electrons. The molecule has 1 N–H and O–H groups in total. The van der Waals surface area contributed by atoms with Crippen LogP contribution in [0.15, 0.2) is 30.3 Å². The zero-order valence-electron chi connectivity index (χ0n) is 12.2. The number of pyridine rings is 1. The molecule has 1 aromatic carbocycles. The maximum Gasteiger partial charge on any atom is 0.150 e. The normalized spacial score (nSPS) is 18.9. The van der Waals surface area contributed by atoms with Crippen molar-refractivity contribution >= 4 is 20.7 Å². The van der Waals surface area contributed by atoms with E-state index in [9.17, 15) is 8.42 Å². The Labute approximate surface area is 125 Å². The molecule has 0 saturated carbocycles. The highest BCUT2D eigenvalue weighted by Crippen LogP contribution is 2.19. The van der Waals surface area contributed by atoms with Crippen molar-refractivity contribution in [2.24, 2.45) is 0 Å². The third-order valence-corrected chi connectivity index (χ3v) is 5.78. The molecular formula is C16H20N2O2S. The summed E-state index contributed by atoms with van der Waals surface area (Å²) in [7, 11) is -2.79. The van der Waals surface area contributed by atoms with Crippen LogP contribution in [0.1, 0.15) is 24.1 Å². The third-order valence-electron chi connectivity index (χ3n) is 4.07. The Kier molecular flexibility index (Phi) is 3.95. The van der Waals surface area contributed by atoms with Gasteiger partial charge in [-0.15, -0.1) is 0 Å². The van der Waals surface area contributed by atoms with Gasteiger partial charge in [-0.3, -0.25) is 4.98 Å². The van der Waals surface area contributed by atoms with Gasteiger partial charge in [0.15, 0.2) is 0 Å². The van der Waals surface area contributed by atoms with Gasteiger partial charge in [0.1, 0.15) is 9.84 Å². The van der Waals surface area contributed by atoms with Gasteiger partial charge in [0, 0.05) is 23.7 Å². The zero-order chi connectivity index (χ0) is 14.9. The molecule has 1 fully saturated rings. The molecule has 1 aliphatic rings. The molecule has 0 bridgehead atoms. The molecule has 1 aliphatic heterocycles. The number of benzene rings is 1. The molecule has 21 heavy (non-hydrogen) atoms. The number of nitrogens with one attached hydrogen (secondary N) is 1. The summed E-state index contributed by atoms with van der Waals surface area (Å²) >= 11 is 0. The minimum absolute atomic E-state index is 0.292. The van der Waals surface area contributed by atoms with Crippen molar-refractivity contribution in [3.63, 3.8) is 0 Å². The predicted octanol–water partition coefficient (Wildman–Crippen LogP) is 2.21. The standard InChI is InChI=1S/C16H20N2O2S/c1-12-10-13(15-4-2-3-5-16(15)18-12)11-17-14-6-8-21(19,20)9-7-14/h2-5,10,14,17H,6-9,11H2,1H3. The molecule has 112 valence electrons. The number of aryl methyl sites for hydroxylation is 1. The fourth-order valence-electron chi connectivity index (χ4n) is 2.89. The average molecular weight is 304 g/mol. The van der Waals surface area contributed by atoms with E-state index in [1.165, 1.54) is 10.9 Å². The van der Waals surface area contributed by atoms with Crippen molar-refractivity contribution in [3.8, 4) is 0 Å². The fourth-order valence-corrected chi connectivity index (χ4v) is 4.38. The molecule has 4 nitrogen and oxygen atoms in total. The van der Waals surface area contributed by atoms with Gasteiger partial charge in [-0.05, 0) is 37.5 Å². The number of rotatable bonds is 3. The lowest BCUT2D eigenvalue weighted by Crippen LogP contribution is -2.37. The van der Waals surface area contributed by atoms with Crippen molar-refractivity contribution in [1.29, 1.82) is 0 Å². The van der Waals surface area contributed by atoms with Crippen LogP contribution in [0.5, 0.6) is 0 Å². The highest BCUT2D eigenvalue weighted by Gasteiger charge is 2.23. The molecule has 2 heterocycles. The lowest BCUT2D eigenvalue weighted by Gasteiger charge is -2.23. The summed E-state index contributed by atoms with van der Waals surface area (Å²) in [5, 5.41) is 4.67. The van der Waals surface area contributed by atoms with Gasteiger partial charge in [0.2, 0.25) is 0 Å². The van der Waals surface area contributed by atoms with Crippen molar-refractivity contribution < 1.29 is 8.42 Å². The van der Waals surface area contributed by atoms with Crippen molar-refractivity contribution in [1.82, 2.24) is 10.3 Å². The molecule has 0 aliphatic carbocycles. The van der Waals surface area contributed by atoms with Crippen molar-refractivity contribution in [2.75, 3.05) is 11.5 Å². The van der Waals surface area contributed by atoms with E-state index in [-0.39, 0.29) is 0 Å². The summed E-state index contributed by atoms with van der Waals surface area (Å²) < 4.78 is 22.9. The minimum Gasteiger partial charge on any atom is -0.310 e. The lowest BCUT2D eigenvalue weighted by molar-refractivity contribution is 0.463. The van der Waals surface area contributed by atoms with E-state index >= 15 is 0 Å². The van der Waals surface area contributed by atoms with Crippen LogP contribution < -0.4 is 5.32 Å². The van der Waals surface area contributed by atoms with Crippen molar-refractivity contribution in [2.45, 2.75) is 32.4 Å². The number of nitrogens with zero attached hydrogens (tertiary/aromatic N) is 1. The Hall–Kier alpha value is -1.46. The van der Waals surface area contributed by atoms with Gasteiger partial charge in [-0.2, -0.15) is 0 Å². The van der Waals surface area contributed by atoms with Gasteiger partial charge < -0.3 is 5.32 Å².